The molecule has 0 aliphatic carbocycles. The molecule has 2 aromatic rings. The third-order valence-corrected chi connectivity index (χ3v) is 6.60. The monoisotopic (exact) mass is 435 g/mol. The van der Waals surface area contributed by atoms with Gasteiger partial charge in [0, 0.05) is 25.2 Å². The van der Waals surface area contributed by atoms with E-state index in [0.717, 1.165) is 11.6 Å². The molecule has 0 aromatic heterocycles. The van der Waals surface area contributed by atoms with Gasteiger partial charge in [-0.05, 0) is 42.3 Å². The number of nitrogens with one attached hydrogen (secondary N) is 1. The fraction of sp³-hybridized carbons (Fsp3) is 0.300. The Hall–Kier alpha value is -2.82. The SMILES string of the molecule is NC(=O)c1cc(NC(=O)CCc2ccc(S(=O)(=O)N3CCOCC3)cc2)ccc1F. The van der Waals surface area contributed by atoms with Crippen molar-refractivity contribution >= 4 is 27.5 Å². The number of halogens is 1. The fourth-order valence-electron chi connectivity index (χ4n) is 3.04. The predicted molar refractivity (Wildman–Crippen MR) is 108 cm³/mol. The number of aryl methyl sites for hydroxylation is 1. The van der Waals surface area contributed by atoms with E-state index in [-0.39, 0.29) is 28.5 Å². The lowest BCUT2D eigenvalue weighted by Crippen LogP contribution is -2.40. The van der Waals surface area contributed by atoms with Gasteiger partial charge in [0.25, 0.3) is 5.91 Å². The maximum Gasteiger partial charge on any atom is 0.251 e. The average Bonchev–Trinajstić information content (AvgIpc) is 2.74. The van der Waals surface area contributed by atoms with Gasteiger partial charge in [0.1, 0.15) is 5.82 Å². The van der Waals surface area contributed by atoms with Gasteiger partial charge < -0.3 is 15.8 Å². The molecular formula is C20H22FN3O5S. The van der Waals surface area contributed by atoms with E-state index in [9.17, 15) is 22.4 Å². The number of amides is 2. The van der Waals surface area contributed by atoms with Crippen molar-refractivity contribution in [2.24, 2.45) is 5.73 Å². The Bertz CT molecular complexity index is 1030. The number of nitrogens with zero attached hydrogens (tertiary/aromatic N) is 1. The third-order valence-electron chi connectivity index (χ3n) is 4.69. The summed E-state index contributed by atoms with van der Waals surface area (Å²) in [6, 6.07) is 9.97. The zero-order valence-electron chi connectivity index (χ0n) is 16.1. The molecule has 0 bridgehead atoms. The summed E-state index contributed by atoms with van der Waals surface area (Å²) in [4.78, 5) is 23.5. The number of anilines is 1. The van der Waals surface area contributed by atoms with E-state index in [2.05, 4.69) is 5.32 Å². The molecule has 30 heavy (non-hydrogen) atoms. The Morgan fingerprint density at radius 3 is 2.40 bits per heavy atom. The van der Waals surface area contributed by atoms with E-state index in [1.165, 1.54) is 28.6 Å². The number of rotatable bonds is 7. The molecule has 3 N–H and O–H groups in total. The lowest BCUT2D eigenvalue weighted by molar-refractivity contribution is -0.116. The molecule has 3 rings (SSSR count). The van der Waals surface area contributed by atoms with Crippen molar-refractivity contribution in [1.82, 2.24) is 4.31 Å². The zero-order chi connectivity index (χ0) is 21.7. The molecule has 160 valence electrons. The molecule has 2 amide bonds. The van der Waals surface area contributed by atoms with Crippen molar-refractivity contribution in [3.8, 4) is 0 Å². The Kier molecular flexibility index (Phi) is 6.80. The number of nitrogens with two attached hydrogens (primary N) is 1. The van der Waals surface area contributed by atoms with Crippen LogP contribution in [0.5, 0.6) is 0 Å². The highest BCUT2D eigenvalue weighted by atomic mass is 32.2. The van der Waals surface area contributed by atoms with Crippen LogP contribution in [0.15, 0.2) is 47.4 Å². The molecule has 0 atom stereocenters. The summed E-state index contributed by atoms with van der Waals surface area (Å²) < 4.78 is 45.3. The van der Waals surface area contributed by atoms with Crippen molar-refractivity contribution < 1.29 is 27.1 Å². The lowest BCUT2D eigenvalue weighted by Gasteiger charge is -2.26. The summed E-state index contributed by atoms with van der Waals surface area (Å²) in [6.07, 6.45) is 0.506. The Morgan fingerprint density at radius 1 is 1.10 bits per heavy atom. The highest BCUT2D eigenvalue weighted by Crippen LogP contribution is 2.19. The second kappa shape index (κ2) is 9.33. The number of benzene rings is 2. The van der Waals surface area contributed by atoms with Gasteiger partial charge in [-0.15, -0.1) is 0 Å². The molecule has 0 unspecified atom stereocenters. The quantitative estimate of drug-likeness (QED) is 0.684. The molecule has 1 saturated heterocycles. The van der Waals surface area contributed by atoms with Crippen LogP contribution in [0.3, 0.4) is 0 Å². The van der Waals surface area contributed by atoms with Crippen molar-refractivity contribution in [1.29, 1.82) is 0 Å². The Morgan fingerprint density at radius 2 is 1.77 bits per heavy atom. The van der Waals surface area contributed by atoms with Crippen LogP contribution in [0.25, 0.3) is 0 Å². The second-order valence-electron chi connectivity index (χ2n) is 6.77. The predicted octanol–water partition coefficient (Wildman–Crippen LogP) is 1.52. The molecule has 1 heterocycles. The molecule has 1 aliphatic heterocycles. The van der Waals surface area contributed by atoms with Gasteiger partial charge in [-0.2, -0.15) is 4.31 Å². The van der Waals surface area contributed by atoms with E-state index in [1.54, 1.807) is 12.1 Å². The molecule has 2 aromatic carbocycles. The van der Waals surface area contributed by atoms with Gasteiger partial charge >= 0.3 is 0 Å². The highest BCUT2D eigenvalue weighted by molar-refractivity contribution is 7.89. The van der Waals surface area contributed by atoms with E-state index in [4.69, 9.17) is 10.5 Å². The van der Waals surface area contributed by atoms with Gasteiger partial charge in [0.05, 0.1) is 23.7 Å². The third kappa shape index (κ3) is 5.21. The molecule has 0 spiro atoms. The first kappa shape index (κ1) is 21.9. The summed E-state index contributed by atoms with van der Waals surface area (Å²) >= 11 is 0. The number of sulfonamides is 1. The van der Waals surface area contributed by atoms with Gasteiger partial charge in [-0.25, -0.2) is 12.8 Å². The lowest BCUT2D eigenvalue weighted by atomic mass is 10.1. The number of hydrogen-bond acceptors (Lipinski definition) is 5. The Balaban J connectivity index is 1.58. The van der Waals surface area contributed by atoms with Crippen LogP contribution in [0.4, 0.5) is 10.1 Å². The summed E-state index contributed by atoms with van der Waals surface area (Å²) in [5, 5.41) is 2.59. The molecule has 0 radical (unpaired) electrons. The highest BCUT2D eigenvalue weighted by Gasteiger charge is 2.26. The van der Waals surface area contributed by atoms with E-state index in [1.807, 2.05) is 0 Å². The molecule has 1 aliphatic rings. The summed E-state index contributed by atoms with van der Waals surface area (Å²) in [6.45, 7) is 1.40. The van der Waals surface area contributed by atoms with Crippen LogP contribution in [0.1, 0.15) is 22.3 Å². The first-order chi connectivity index (χ1) is 14.3. The standard InChI is InChI=1S/C20H22FN3O5S/c21-18-7-4-15(13-17(18)20(22)26)23-19(25)8-3-14-1-5-16(6-2-14)30(27,28)24-9-11-29-12-10-24/h1-2,4-7,13H,3,8-12H2,(H2,22,26)(H,23,25). The zero-order valence-corrected chi connectivity index (χ0v) is 17.0. The molecule has 0 saturated carbocycles. The minimum absolute atomic E-state index is 0.124. The Labute approximate surface area is 173 Å². The van der Waals surface area contributed by atoms with Crippen molar-refractivity contribution in [2.45, 2.75) is 17.7 Å². The van der Waals surface area contributed by atoms with E-state index < -0.39 is 21.7 Å². The fourth-order valence-corrected chi connectivity index (χ4v) is 4.45. The van der Waals surface area contributed by atoms with Crippen molar-refractivity contribution in [3.05, 3.63) is 59.4 Å². The molecule has 1 fully saturated rings. The summed E-state index contributed by atoms with van der Waals surface area (Å²) in [7, 11) is -3.56. The van der Waals surface area contributed by atoms with Gasteiger partial charge in [0.2, 0.25) is 15.9 Å². The van der Waals surface area contributed by atoms with Crippen LogP contribution >= 0.6 is 0 Å². The summed E-state index contributed by atoms with van der Waals surface area (Å²) in [5.74, 6) is -2.01. The maximum atomic E-state index is 13.5. The first-order valence-electron chi connectivity index (χ1n) is 9.33. The number of primary amides is 1. The average molecular weight is 435 g/mol. The van der Waals surface area contributed by atoms with Crippen LogP contribution in [0.2, 0.25) is 0 Å². The summed E-state index contributed by atoms with van der Waals surface area (Å²) in [5.41, 5.74) is 5.85. The number of hydrogen-bond donors (Lipinski definition) is 2. The van der Waals surface area contributed by atoms with E-state index in [0.29, 0.717) is 32.7 Å². The number of morpholine rings is 1. The smallest absolute Gasteiger partial charge is 0.251 e. The van der Waals surface area contributed by atoms with Crippen molar-refractivity contribution in [2.75, 3.05) is 31.6 Å². The van der Waals surface area contributed by atoms with Crippen LogP contribution < -0.4 is 11.1 Å². The molecule has 8 nitrogen and oxygen atoms in total. The van der Waals surface area contributed by atoms with Crippen LogP contribution in [0, 0.1) is 5.82 Å². The van der Waals surface area contributed by atoms with Crippen molar-refractivity contribution in [3.63, 3.8) is 0 Å². The largest absolute Gasteiger partial charge is 0.379 e. The second-order valence-corrected chi connectivity index (χ2v) is 8.71. The van der Waals surface area contributed by atoms with Gasteiger partial charge in [-0.3, -0.25) is 9.59 Å². The van der Waals surface area contributed by atoms with Crippen LogP contribution in [-0.4, -0.2) is 50.8 Å². The minimum atomic E-state index is -3.56. The normalized spacial score (nSPS) is 15.0. The minimum Gasteiger partial charge on any atom is -0.379 e. The number of carbonyl (C=O) groups excluding carboxylic acids is 2. The molecule has 10 heteroatoms. The number of carbonyl (C=O) groups is 2. The maximum absolute atomic E-state index is 13.5. The van der Waals surface area contributed by atoms with E-state index >= 15 is 0 Å². The van der Waals surface area contributed by atoms with Gasteiger partial charge in [-0.1, -0.05) is 12.1 Å². The number of ether oxygens (including phenoxy) is 1. The topological polar surface area (TPSA) is 119 Å². The first-order valence-corrected chi connectivity index (χ1v) is 10.8. The van der Waals surface area contributed by atoms with Gasteiger partial charge in [0.15, 0.2) is 0 Å². The van der Waals surface area contributed by atoms with Crippen LogP contribution in [-0.2, 0) is 26.0 Å². The molecular weight excluding hydrogens is 413 g/mol.